The van der Waals surface area contributed by atoms with Crippen LogP contribution in [-0.2, 0) is 6.54 Å². The first-order valence-electron chi connectivity index (χ1n) is 7.78. The Hall–Kier alpha value is -2.10. The van der Waals surface area contributed by atoms with E-state index in [4.69, 9.17) is 10.5 Å². The van der Waals surface area contributed by atoms with Gasteiger partial charge in [0.15, 0.2) is 0 Å². The van der Waals surface area contributed by atoms with E-state index in [2.05, 4.69) is 38.7 Å². The number of nitriles is 2. The van der Waals surface area contributed by atoms with E-state index in [0.717, 1.165) is 30.8 Å². The summed E-state index contributed by atoms with van der Waals surface area (Å²) in [7, 11) is 0. The zero-order valence-corrected chi connectivity index (χ0v) is 14.0. The van der Waals surface area contributed by atoms with Gasteiger partial charge in [0.2, 0.25) is 0 Å². The predicted octanol–water partition coefficient (Wildman–Crippen LogP) is 4.23. The highest BCUT2D eigenvalue weighted by Crippen LogP contribution is 2.17. The SMILES string of the molecule is CC(C)CN(Cc1ccccc1C=C(C#N)C#N)CC(C)C. The summed E-state index contributed by atoms with van der Waals surface area (Å²) in [6.07, 6.45) is 1.68. The molecule has 0 heterocycles. The van der Waals surface area contributed by atoms with Gasteiger partial charge in [-0.25, -0.2) is 0 Å². The average molecular weight is 295 g/mol. The number of hydrogen-bond donors (Lipinski definition) is 0. The van der Waals surface area contributed by atoms with Crippen LogP contribution in [0, 0.1) is 34.5 Å². The number of rotatable bonds is 7. The Kier molecular flexibility index (Phi) is 7.37. The molecule has 3 nitrogen and oxygen atoms in total. The van der Waals surface area contributed by atoms with E-state index in [9.17, 15) is 0 Å². The minimum atomic E-state index is 0.145. The van der Waals surface area contributed by atoms with Crippen molar-refractivity contribution in [3.05, 3.63) is 41.0 Å². The molecule has 22 heavy (non-hydrogen) atoms. The van der Waals surface area contributed by atoms with Gasteiger partial charge >= 0.3 is 0 Å². The van der Waals surface area contributed by atoms with Gasteiger partial charge in [0, 0.05) is 19.6 Å². The first-order chi connectivity index (χ1) is 10.5. The third-order valence-electron chi connectivity index (χ3n) is 3.24. The Morgan fingerprint density at radius 2 is 1.59 bits per heavy atom. The fourth-order valence-electron chi connectivity index (χ4n) is 2.54. The summed E-state index contributed by atoms with van der Waals surface area (Å²) in [5.41, 5.74) is 2.26. The van der Waals surface area contributed by atoms with Gasteiger partial charge in [-0.15, -0.1) is 0 Å². The van der Waals surface area contributed by atoms with E-state index in [-0.39, 0.29) is 5.57 Å². The highest BCUT2D eigenvalue weighted by Gasteiger charge is 2.12. The Balaban J connectivity index is 3.03. The molecule has 0 aliphatic carbocycles. The highest BCUT2D eigenvalue weighted by atomic mass is 15.1. The molecule has 1 rings (SSSR count). The molecule has 0 atom stereocenters. The minimum absolute atomic E-state index is 0.145. The van der Waals surface area contributed by atoms with Crippen molar-refractivity contribution in [3.8, 4) is 12.1 Å². The van der Waals surface area contributed by atoms with Gasteiger partial charge in [-0.2, -0.15) is 10.5 Å². The Labute approximate surface area is 134 Å². The van der Waals surface area contributed by atoms with Crippen LogP contribution in [0.15, 0.2) is 29.8 Å². The van der Waals surface area contributed by atoms with Gasteiger partial charge < -0.3 is 0 Å². The van der Waals surface area contributed by atoms with Gasteiger partial charge in [0.25, 0.3) is 0 Å². The fraction of sp³-hybridized carbons (Fsp3) is 0.474. The first kappa shape index (κ1) is 18.0. The molecule has 1 aromatic rings. The molecule has 0 aromatic heterocycles. The highest BCUT2D eigenvalue weighted by molar-refractivity contribution is 5.64. The molecule has 0 amide bonds. The monoisotopic (exact) mass is 295 g/mol. The van der Waals surface area contributed by atoms with Crippen molar-refractivity contribution in [1.29, 1.82) is 10.5 Å². The van der Waals surface area contributed by atoms with Crippen LogP contribution in [0.3, 0.4) is 0 Å². The first-order valence-corrected chi connectivity index (χ1v) is 7.78. The number of hydrogen-bond acceptors (Lipinski definition) is 3. The molecule has 0 bridgehead atoms. The lowest BCUT2D eigenvalue weighted by Gasteiger charge is -2.26. The Morgan fingerprint density at radius 1 is 1.05 bits per heavy atom. The van der Waals surface area contributed by atoms with Gasteiger partial charge in [-0.1, -0.05) is 52.0 Å². The third kappa shape index (κ3) is 6.12. The molecule has 0 aliphatic rings. The van der Waals surface area contributed by atoms with Crippen molar-refractivity contribution in [1.82, 2.24) is 4.90 Å². The topological polar surface area (TPSA) is 50.8 Å². The fourth-order valence-corrected chi connectivity index (χ4v) is 2.54. The van der Waals surface area contributed by atoms with Crippen molar-refractivity contribution in [3.63, 3.8) is 0 Å². The lowest BCUT2D eigenvalue weighted by molar-refractivity contribution is 0.211. The Morgan fingerprint density at radius 3 is 2.09 bits per heavy atom. The smallest absolute Gasteiger partial charge is 0.130 e. The summed E-state index contributed by atoms with van der Waals surface area (Å²) in [4.78, 5) is 2.44. The molecule has 116 valence electrons. The van der Waals surface area contributed by atoms with Crippen LogP contribution >= 0.6 is 0 Å². The van der Waals surface area contributed by atoms with Crippen LogP contribution in [0.2, 0.25) is 0 Å². The normalized spacial score (nSPS) is 10.6. The zero-order chi connectivity index (χ0) is 16.5. The van der Waals surface area contributed by atoms with Crippen LogP contribution in [0.25, 0.3) is 6.08 Å². The molecular formula is C19H25N3. The standard InChI is InChI=1S/C19H25N3/c1-15(2)12-22(13-16(3)4)14-19-8-6-5-7-18(19)9-17(10-20)11-21/h5-9,15-16H,12-14H2,1-4H3. The van der Waals surface area contributed by atoms with Crippen LogP contribution < -0.4 is 0 Å². The van der Waals surface area contributed by atoms with Crippen molar-refractivity contribution in [2.24, 2.45) is 11.8 Å². The lowest BCUT2D eigenvalue weighted by Crippen LogP contribution is -2.31. The van der Waals surface area contributed by atoms with Gasteiger partial charge in [-0.3, -0.25) is 4.90 Å². The maximum absolute atomic E-state index is 8.95. The molecule has 0 saturated carbocycles. The predicted molar refractivity (Wildman–Crippen MR) is 90.6 cm³/mol. The summed E-state index contributed by atoms with van der Waals surface area (Å²) in [5, 5.41) is 17.9. The minimum Gasteiger partial charge on any atom is -0.299 e. The van der Waals surface area contributed by atoms with Gasteiger partial charge in [-0.05, 0) is 29.0 Å². The van der Waals surface area contributed by atoms with Crippen LogP contribution in [-0.4, -0.2) is 18.0 Å². The van der Waals surface area contributed by atoms with Crippen LogP contribution in [0.5, 0.6) is 0 Å². The van der Waals surface area contributed by atoms with Crippen molar-refractivity contribution in [2.45, 2.75) is 34.2 Å². The third-order valence-corrected chi connectivity index (χ3v) is 3.24. The summed E-state index contributed by atoms with van der Waals surface area (Å²) < 4.78 is 0. The second-order valence-corrected chi connectivity index (χ2v) is 6.46. The van der Waals surface area contributed by atoms with E-state index < -0.39 is 0 Å². The van der Waals surface area contributed by atoms with Gasteiger partial charge in [0.05, 0.1) is 0 Å². The molecule has 0 N–H and O–H groups in total. The molecule has 3 heteroatoms. The maximum Gasteiger partial charge on any atom is 0.130 e. The molecule has 0 spiro atoms. The molecule has 0 aliphatic heterocycles. The largest absolute Gasteiger partial charge is 0.299 e. The molecule has 0 fully saturated rings. The average Bonchev–Trinajstić information content (AvgIpc) is 2.44. The molecule has 0 saturated heterocycles. The molecule has 0 unspecified atom stereocenters. The van der Waals surface area contributed by atoms with Gasteiger partial charge in [0.1, 0.15) is 17.7 Å². The second kappa shape index (κ2) is 9.03. The van der Waals surface area contributed by atoms with Crippen molar-refractivity contribution < 1.29 is 0 Å². The molecule has 1 aromatic carbocycles. The summed E-state index contributed by atoms with van der Waals surface area (Å²) in [6.45, 7) is 11.8. The Bertz CT molecular complexity index is 559. The molecular weight excluding hydrogens is 270 g/mol. The van der Waals surface area contributed by atoms with E-state index in [1.54, 1.807) is 6.08 Å². The quantitative estimate of drug-likeness (QED) is 0.707. The zero-order valence-electron chi connectivity index (χ0n) is 14.0. The lowest BCUT2D eigenvalue weighted by atomic mass is 10.0. The number of benzene rings is 1. The van der Waals surface area contributed by atoms with Crippen molar-refractivity contribution in [2.75, 3.05) is 13.1 Å². The van der Waals surface area contributed by atoms with E-state index in [0.29, 0.717) is 11.8 Å². The number of nitrogens with zero attached hydrogens (tertiary/aromatic N) is 3. The molecule has 0 radical (unpaired) electrons. The second-order valence-electron chi connectivity index (χ2n) is 6.46. The number of allylic oxidation sites excluding steroid dienone is 1. The van der Waals surface area contributed by atoms with E-state index in [1.165, 1.54) is 0 Å². The summed E-state index contributed by atoms with van der Waals surface area (Å²) in [5.74, 6) is 1.21. The van der Waals surface area contributed by atoms with E-state index in [1.807, 2.05) is 30.3 Å². The van der Waals surface area contributed by atoms with Crippen molar-refractivity contribution >= 4 is 6.08 Å². The van der Waals surface area contributed by atoms with E-state index >= 15 is 0 Å². The summed E-state index contributed by atoms with van der Waals surface area (Å²) >= 11 is 0. The summed E-state index contributed by atoms with van der Waals surface area (Å²) in [6, 6.07) is 11.9. The van der Waals surface area contributed by atoms with Crippen LogP contribution in [0.4, 0.5) is 0 Å². The maximum atomic E-state index is 8.95. The van der Waals surface area contributed by atoms with Crippen LogP contribution in [0.1, 0.15) is 38.8 Å².